The fourth-order valence-corrected chi connectivity index (χ4v) is 3.94. The Morgan fingerprint density at radius 2 is 1.70 bits per heavy atom. The molecule has 1 heterocycles. The highest BCUT2D eigenvalue weighted by Gasteiger charge is 2.35. The third-order valence-corrected chi connectivity index (χ3v) is 5.71. The summed E-state index contributed by atoms with van der Waals surface area (Å²) in [7, 11) is 0. The summed E-state index contributed by atoms with van der Waals surface area (Å²) in [5.74, 6) is 0.554. The van der Waals surface area contributed by atoms with Gasteiger partial charge >= 0.3 is 6.18 Å². The first-order valence-electron chi connectivity index (χ1n) is 11.3. The van der Waals surface area contributed by atoms with E-state index in [1.54, 1.807) is 24.3 Å². The lowest BCUT2D eigenvalue weighted by Gasteiger charge is -2.23. The first-order valence-corrected chi connectivity index (χ1v) is 11.3. The van der Waals surface area contributed by atoms with Crippen molar-refractivity contribution in [3.8, 4) is 5.75 Å². The van der Waals surface area contributed by atoms with E-state index in [0.717, 1.165) is 30.4 Å². The third-order valence-electron chi connectivity index (χ3n) is 5.71. The Morgan fingerprint density at radius 3 is 2.39 bits per heavy atom. The molecule has 0 radical (unpaired) electrons. The Morgan fingerprint density at radius 1 is 0.970 bits per heavy atom. The summed E-state index contributed by atoms with van der Waals surface area (Å²) < 4.78 is 46.8. The van der Waals surface area contributed by atoms with Crippen LogP contribution >= 0.6 is 0 Å². The van der Waals surface area contributed by atoms with Crippen LogP contribution in [0.5, 0.6) is 5.75 Å². The smallest absolute Gasteiger partial charge is 0.421 e. The summed E-state index contributed by atoms with van der Waals surface area (Å²) in [5, 5.41) is 5.83. The monoisotopic (exact) mass is 456 g/mol. The van der Waals surface area contributed by atoms with E-state index in [2.05, 4.69) is 20.6 Å². The molecule has 0 saturated heterocycles. The molecule has 3 aromatic rings. The molecule has 0 aliphatic heterocycles. The SMILES string of the molecule is CCc1ccccc1Nc1nc(Nc2ccc(OC3CCCCC3)cc2)ncc1C(F)(F)F. The lowest BCUT2D eigenvalue weighted by atomic mass is 9.98. The van der Waals surface area contributed by atoms with Gasteiger partial charge < -0.3 is 15.4 Å². The zero-order chi connectivity index (χ0) is 23.3. The molecule has 1 aromatic heterocycles. The number of hydrogen-bond acceptors (Lipinski definition) is 5. The lowest BCUT2D eigenvalue weighted by Crippen LogP contribution is -2.19. The zero-order valence-electron chi connectivity index (χ0n) is 18.5. The second-order valence-corrected chi connectivity index (χ2v) is 8.12. The molecule has 1 aliphatic rings. The molecule has 0 unspecified atom stereocenters. The van der Waals surface area contributed by atoms with E-state index in [-0.39, 0.29) is 17.9 Å². The summed E-state index contributed by atoms with van der Waals surface area (Å²) in [6, 6.07) is 14.5. The van der Waals surface area contributed by atoms with Gasteiger partial charge in [-0.05, 0) is 68.0 Å². The second kappa shape index (κ2) is 10.1. The van der Waals surface area contributed by atoms with Crippen LogP contribution in [0.3, 0.4) is 0 Å². The van der Waals surface area contributed by atoms with E-state index in [0.29, 0.717) is 17.8 Å². The minimum absolute atomic E-state index is 0.0698. The molecule has 1 saturated carbocycles. The summed E-state index contributed by atoms with van der Waals surface area (Å²) in [5.41, 5.74) is 1.22. The van der Waals surface area contributed by atoms with Crippen molar-refractivity contribution in [1.29, 1.82) is 0 Å². The van der Waals surface area contributed by atoms with Gasteiger partial charge in [0.15, 0.2) is 0 Å². The quantitative estimate of drug-likeness (QED) is 0.392. The Labute approximate surface area is 191 Å². The van der Waals surface area contributed by atoms with Crippen LogP contribution in [0.1, 0.15) is 50.2 Å². The first kappa shape index (κ1) is 22.9. The number of hydrogen-bond donors (Lipinski definition) is 2. The van der Waals surface area contributed by atoms with Crippen molar-refractivity contribution >= 4 is 23.1 Å². The summed E-state index contributed by atoms with van der Waals surface area (Å²) in [4.78, 5) is 8.02. The van der Waals surface area contributed by atoms with Crippen LogP contribution in [0, 0.1) is 0 Å². The molecule has 33 heavy (non-hydrogen) atoms. The van der Waals surface area contributed by atoms with E-state index in [1.807, 2.05) is 31.2 Å². The number of anilines is 4. The first-order chi connectivity index (χ1) is 15.9. The van der Waals surface area contributed by atoms with Crippen LogP contribution in [0.25, 0.3) is 0 Å². The summed E-state index contributed by atoms with van der Waals surface area (Å²) >= 11 is 0. The van der Waals surface area contributed by atoms with Crippen molar-refractivity contribution in [2.24, 2.45) is 0 Å². The van der Waals surface area contributed by atoms with Crippen LogP contribution in [-0.2, 0) is 12.6 Å². The van der Waals surface area contributed by atoms with Crippen molar-refractivity contribution < 1.29 is 17.9 Å². The van der Waals surface area contributed by atoms with Gasteiger partial charge in [-0.15, -0.1) is 0 Å². The summed E-state index contributed by atoms with van der Waals surface area (Å²) in [6.07, 6.45) is 2.91. The van der Waals surface area contributed by atoms with E-state index < -0.39 is 11.7 Å². The highest BCUT2D eigenvalue weighted by atomic mass is 19.4. The number of alkyl halides is 3. The van der Waals surface area contributed by atoms with Crippen LogP contribution < -0.4 is 15.4 Å². The van der Waals surface area contributed by atoms with Crippen molar-refractivity contribution in [2.75, 3.05) is 10.6 Å². The second-order valence-electron chi connectivity index (χ2n) is 8.12. The molecular formula is C25H27F3N4O. The van der Waals surface area contributed by atoms with Gasteiger partial charge in [0, 0.05) is 17.6 Å². The number of rotatable bonds is 7. The molecule has 2 aromatic carbocycles. The van der Waals surface area contributed by atoms with Crippen LogP contribution in [0.2, 0.25) is 0 Å². The number of nitrogens with zero attached hydrogens (tertiary/aromatic N) is 2. The van der Waals surface area contributed by atoms with Gasteiger partial charge in [0.25, 0.3) is 0 Å². The molecule has 174 valence electrons. The molecule has 0 amide bonds. The number of benzene rings is 2. The molecule has 8 heteroatoms. The average molecular weight is 457 g/mol. The molecular weight excluding hydrogens is 429 g/mol. The average Bonchev–Trinajstić information content (AvgIpc) is 2.81. The molecule has 0 bridgehead atoms. The maximum atomic E-state index is 13.6. The van der Waals surface area contributed by atoms with Gasteiger partial charge in [-0.25, -0.2) is 4.98 Å². The van der Waals surface area contributed by atoms with Gasteiger partial charge in [0.2, 0.25) is 5.95 Å². The minimum atomic E-state index is -4.58. The minimum Gasteiger partial charge on any atom is -0.490 e. The molecule has 4 rings (SSSR count). The van der Waals surface area contributed by atoms with Gasteiger partial charge in [0.05, 0.1) is 6.10 Å². The lowest BCUT2D eigenvalue weighted by molar-refractivity contribution is -0.137. The standard InChI is InChI=1S/C25H27F3N4O/c1-2-17-8-6-7-11-22(17)31-23-21(25(26,27)28)16-29-24(32-23)30-18-12-14-20(15-13-18)33-19-9-4-3-5-10-19/h6-8,11-16,19H,2-5,9-10H2,1H3,(H2,29,30,31,32). The Balaban J connectivity index is 1.52. The molecule has 1 aliphatic carbocycles. The third kappa shape index (κ3) is 5.94. The van der Waals surface area contributed by atoms with Gasteiger partial charge in [-0.3, -0.25) is 0 Å². The maximum Gasteiger partial charge on any atom is 0.421 e. The number of halogens is 3. The fourth-order valence-electron chi connectivity index (χ4n) is 3.94. The Kier molecular flexibility index (Phi) is 7.01. The van der Waals surface area contributed by atoms with Crippen molar-refractivity contribution in [1.82, 2.24) is 9.97 Å². The van der Waals surface area contributed by atoms with E-state index in [1.165, 1.54) is 19.3 Å². The maximum absolute atomic E-state index is 13.6. The van der Waals surface area contributed by atoms with Crippen molar-refractivity contribution in [3.05, 3.63) is 65.9 Å². The van der Waals surface area contributed by atoms with Gasteiger partial charge in [-0.1, -0.05) is 31.5 Å². The number of aromatic nitrogens is 2. The molecule has 0 atom stereocenters. The number of para-hydroxylation sites is 1. The Hall–Kier alpha value is -3.29. The van der Waals surface area contributed by atoms with Crippen molar-refractivity contribution in [3.63, 3.8) is 0 Å². The van der Waals surface area contributed by atoms with E-state index in [4.69, 9.17) is 4.74 Å². The zero-order valence-corrected chi connectivity index (χ0v) is 18.5. The fraction of sp³-hybridized carbons (Fsp3) is 0.360. The molecule has 0 spiro atoms. The Bertz CT molecular complexity index is 1060. The number of nitrogens with one attached hydrogen (secondary N) is 2. The topological polar surface area (TPSA) is 59.1 Å². The number of ether oxygens (including phenoxy) is 1. The molecule has 5 nitrogen and oxygen atoms in total. The molecule has 1 fully saturated rings. The van der Waals surface area contributed by atoms with Crippen LogP contribution in [0.15, 0.2) is 54.7 Å². The molecule has 2 N–H and O–H groups in total. The predicted molar refractivity (Wildman–Crippen MR) is 123 cm³/mol. The number of aryl methyl sites for hydroxylation is 1. The normalized spacial score (nSPS) is 14.7. The van der Waals surface area contributed by atoms with Gasteiger partial charge in [0.1, 0.15) is 17.1 Å². The highest BCUT2D eigenvalue weighted by Crippen LogP contribution is 2.36. The van der Waals surface area contributed by atoms with Gasteiger partial charge in [-0.2, -0.15) is 18.2 Å². The van der Waals surface area contributed by atoms with Crippen molar-refractivity contribution in [2.45, 2.75) is 57.7 Å². The van der Waals surface area contributed by atoms with E-state index >= 15 is 0 Å². The predicted octanol–water partition coefficient (Wildman–Crippen LogP) is 7.26. The summed E-state index contributed by atoms with van der Waals surface area (Å²) in [6.45, 7) is 1.94. The van der Waals surface area contributed by atoms with Crippen LogP contribution in [-0.4, -0.2) is 16.1 Å². The largest absolute Gasteiger partial charge is 0.490 e. The van der Waals surface area contributed by atoms with Crippen LogP contribution in [0.4, 0.5) is 36.3 Å². The van der Waals surface area contributed by atoms with E-state index in [9.17, 15) is 13.2 Å². The highest BCUT2D eigenvalue weighted by molar-refractivity contribution is 5.65.